The highest BCUT2D eigenvalue weighted by Crippen LogP contribution is 2.47. The molecule has 0 bridgehead atoms. The molecule has 8 nitrogen and oxygen atoms in total. The van der Waals surface area contributed by atoms with Crippen molar-refractivity contribution >= 4 is 77.5 Å². The van der Waals surface area contributed by atoms with Crippen LogP contribution in [0.2, 0.25) is 0 Å². The smallest absolute Gasteiger partial charge is 0.220 e. The van der Waals surface area contributed by atoms with Gasteiger partial charge in [-0.1, -0.05) is 188 Å². The summed E-state index contributed by atoms with van der Waals surface area (Å²) in [7, 11) is 0. The van der Waals surface area contributed by atoms with Gasteiger partial charge in [-0.3, -0.25) is 17.9 Å². The second-order valence-electron chi connectivity index (χ2n) is 21.3. The van der Waals surface area contributed by atoms with Crippen LogP contribution < -0.4 is 0 Å². The molecule has 0 N–H and O–H groups in total. The molecule has 12 aromatic carbocycles. The van der Waals surface area contributed by atoms with Gasteiger partial charge in [0.25, 0.3) is 0 Å². The van der Waals surface area contributed by atoms with Gasteiger partial charge >= 0.3 is 0 Å². The Kier molecular flexibility index (Phi) is 10.2. The van der Waals surface area contributed by atoms with Gasteiger partial charge in [-0.2, -0.15) is 5.26 Å². The van der Waals surface area contributed by atoms with Crippen molar-refractivity contribution in [2.75, 3.05) is 0 Å². The average molecular weight is 1060 g/mol. The summed E-state index contributed by atoms with van der Waals surface area (Å²) < 4.78 is 11.5. The van der Waals surface area contributed by atoms with Crippen molar-refractivity contribution in [2.45, 2.75) is 0 Å². The van der Waals surface area contributed by atoms with Crippen LogP contribution in [0.15, 0.2) is 279 Å². The predicted octanol–water partition coefficient (Wildman–Crippen LogP) is 18.5. The summed E-state index contributed by atoms with van der Waals surface area (Å²) in [6.07, 6.45) is 0. The Morgan fingerprint density at radius 3 is 1.16 bits per heavy atom. The van der Waals surface area contributed by atoms with Crippen molar-refractivity contribution in [3.63, 3.8) is 0 Å². The number of hydrogen-bond acceptors (Lipinski definition) is 3. The number of rotatable bonds is 8. The maximum Gasteiger partial charge on any atom is 0.220 e. The van der Waals surface area contributed by atoms with Crippen molar-refractivity contribution in [1.82, 2.24) is 32.5 Å². The molecule has 17 rings (SSSR count). The largest absolute Gasteiger partial charge is 0.307 e. The van der Waals surface area contributed by atoms with Gasteiger partial charge in [0, 0.05) is 33.3 Å². The molecule has 0 atom stereocenters. The van der Waals surface area contributed by atoms with Gasteiger partial charge in [0.2, 0.25) is 11.6 Å². The molecule has 0 aliphatic carbocycles. The van der Waals surface area contributed by atoms with Crippen molar-refractivity contribution in [1.29, 1.82) is 5.26 Å². The van der Waals surface area contributed by atoms with Crippen LogP contribution in [0.3, 0.4) is 0 Å². The first-order valence-corrected chi connectivity index (χ1v) is 28.0. The molecule has 0 amide bonds. The van der Waals surface area contributed by atoms with Gasteiger partial charge in [0.1, 0.15) is 6.07 Å². The molecule has 0 aliphatic heterocycles. The van der Waals surface area contributed by atoms with E-state index in [1.165, 1.54) is 0 Å². The third kappa shape index (κ3) is 7.05. The molecule has 0 unspecified atom stereocenters. The van der Waals surface area contributed by atoms with Crippen LogP contribution in [-0.4, -0.2) is 32.5 Å². The lowest BCUT2D eigenvalue weighted by molar-refractivity contribution is 1.11. The lowest BCUT2D eigenvalue weighted by atomic mass is 9.85. The Morgan fingerprint density at radius 1 is 0.289 bits per heavy atom. The van der Waals surface area contributed by atoms with Crippen LogP contribution in [0.25, 0.3) is 150 Å². The maximum atomic E-state index is 12.2. The third-order valence-corrected chi connectivity index (χ3v) is 16.7. The van der Waals surface area contributed by atoms with Gasteiger partial charge in [0.15, 0.2) is 0 Å². The first-order valence-electron chi connectivity index (χ1n) is 28.0. The third-order valence-electron chi connectivity index (χ3n) is 16.7. The average Bonchev–Trinajstić information content (AvgIpc) is 2.73. The summed E-state index contributed by atoms with van der Waals surface area (Å²) >= 11 is 0. The maximum absolute atomic E-state index is 12.2. The van der Waals surface area contributed by atoms with E-state index in [0.717, 1.165) is 150 Å². The van der Waals surface area contributed by atoms with Gasteiger partial charge in [-0.25, -0.2) is 9.97 Å². The van der Waals surface area contributed by atoms with E-state index in [2.05, 4.69) is 302 Å². The molecule has 8 heteroatoms. The van der Waals surface area contributed by atoms with Crippen LogP contribution in [-0.2, 0) is 0 Å². The zero-order valence-electron chi connectivity index (χ0n) is 44.6. The number of para-hydroxylation sites is 4. The fraction of sp³-hybridized carbons (Fsp3) is 0. The summed E-state index contributed by atoms with van der Waals surface area (Å²) in [6, 6.07) is 101. The minimum atomic E-state index is 0.564. The highest BCUT2D eigenvalue weighted by molar-refractivity contribution is 6.11. The quantitative estimate of drug-likeness (QED) is 0.152. The standard InChI is InChI=1S/C75H46N8/c76-47-61-72(50-24-10-3-11-25-50)59(53-34-38-62-68(44-53)82-70-42-51(48-20-6-1-7-21-48)36-40-66(70)79(74(82)77-62)55-26-12-4-13-27-55)46-60(73(61)81-64-32-18-16-30-57(64)58-31-17-19-33-65(58)81)54-35-39-63-69(45-54)83-71-43-52(49-22-8-2-9-23-49)37-41-67(71)80(75(83)78-63)56-28-14-5-15-29-56/h1-46H. The zero-order chi connectivity index (χ0) is 54.7. The fourth-order valence-corrected chi connectivity index (χ4v) is 13.0. The Hall–Kier alpha value is -11.5. The second kappa shape index (κ2) is 18.3. The molecule has 0 aliphatic rings. The van der Waals surface area contributed by atoms with Crippen molar-refractivity contribution in [3.8, 4) is 78.8 Å². The molecule has 5 heterocycles. The molecule has 83 heavy (non-hydrogen) atoms. The zero-order valence-corrected chi connectivity index (χ0v) is 44.6. The van der Waals surface area contributed by atoms with Crippen LogP contribution in [0.5, 0.6) is 0 Å². The minimum absolute atomic E-state index is 0.564. The van der Waals surface area contributed by atoms with Crippen LogP contribution >= 0.6 is 0 Å². The van der Waals surface area contributed by atoms with Gasteiger partial charge < -0.3 is 4.57 Å². The highest BCUT2D eigenvalue weighted by atomic mass is 15.2. The number of nitrogens with zero attached hydrogens (tertiary/aromatic N) is 8. The Bertz CT molecular complexity index is 5430. The number of fused-ring (bicyclic) bond motifs is 13. The molecular weight excluding hydrogens is 1010 g/mol. The van der Waals surface area contributed by atoms with E-state index >= 15 is 0 Å². The van der Waals surface area contributed by atoms with E-state index in [0.29, 0.717) is 5.56 Å². The number of imidazole rings is 4. The van der Waals surface area contributed by atoms with Crippen molar-refractivity contribution < 1.29 is 0 Å². The van der Waals surface area contributed by atoms with Gasteiger partial charge in [-0.15, -0.1) is 0 Å². The summed E-state index contributed by atoms with van der Waals surface area (Å²) in [6.45, 7) is 0. The predicted molar refractivity (Wildman–Crippen MR) is 339 cm³/mol. The Balaban J connectivity index is 0.987. The lowest BCUT2D eigenvalue weighted by Crippen LogP contribution is -2.05. The highest BCUT2D eigenvalue weighted by Gasteiger charge is 2.28. The molecule has 386 valence electrons. The van der Waals surface area contributed by atoms with E-state index in [1.807, 2.05) is 6.07 Å². The number of hydrogen-bond donors (Lipinski definition) is 0. The molecule has 17 aromatic rings. The van der Waals surface area contributed by atoms with Crippen LogP contribution in [0.4, 0.5) is 0 Å². The topological polar surface area (TPSA) is 73.2 Å². The van der Waals surface area contributed by atoms with Crippen molar-refractivity contribution in [2.24, 2.45) is 0 Å². The molecular formula is C75H46N8. The SMILES string of the molecule is N#Cc1c(-c2ccccc2)c(-c2ccc3nc4n(-c5ccccc5)c5ccc(-c6ccccc6)cc5n4c3c2)cc(-c2ccc3nc4n(-c5ccccc5)c5ccc(-c6ccccc6)cc5n4c3c2)c1-n1c2ccccc2c2ccccc21. The minimum Gasteiger partial charge on any atom is -0.307 e. The van der Waals surface area contributed by atoms with E-state index in [1.54, 1.807) is 0 Å². The monoisotopic (exact) mass is 1060 g/mol. The number of aromatic nitrogens is 7. The van der Waals surface area contributed by atoms with Crippen LogP contribution in [0, 0.1) is 11.3 Å². The van der Waals surface area contributed by atoms with Crippen LogP contribution in [0.1, 0.15) is 5.56 Å². The van der Waals surface area contributed by atoms with E-state index in [9.17, 15) is 5.26 Å². The Labute approximate surface area is 476 Å². The Morgan fingerprint density at radius 2 is 0.687 bits per heavy atom. The summed E-state index contributed by atoms with van der Waals surface area (Å²) in [5.74, 6) is 1.63. The van der Waals surface area contributed by atoms with Gasteiger partial charge in [-0.05, 0) is 136 Å². The molecule has 0 fully saturated rings. The molecule has 0 saturated heterocycles. The fourth-order valence-electron chi connectivity index (χ4n) is 13.0. The molecule has 0 radical (unpaired) electrons. The first-order chi connectivity index (χ1) is 41.1. The number of nitriles is 1. The summed E-state index contributed by atoms with van der Waals surface area (Å²) in [4.78, 5) is 10.9. The summed E-state index contributed by atoms with van der Waals surface area (Å²) in [5.41, 5.74) is 23.3. The van der Waals surface area contributed by atoms with Gasteiger partial charge in [0.05, 0.1) is 66.4 Å². The van der Waals surface area contributed by atoms with E-state index in [4.69, 9.17) is 9.97 Å². The molecule has 5 aromatic heterocycles. The first kappa shape index (κ1) is 46.4. The van der Waals surface area contributed by atoms with E-state index in [-0.39, 0.29) is 0 Å². The molecule has 0 saturated carbocycles. The number of benzene rings is 12. The molecule has 0 spiro atoms. The van der Waals surface area contributed by atoms with Crippen molar-refractivity contribution in [3.05, 3.63) is 285 Å². The normalized spacial score (nSPS) is 11.8. The lowest BCUT2D eigenvalue weighted by Gasteiger charge is -2.22. The van der Waals surface area contributed by atoms with E-state index < -0.39 is 0 Å². The second-order valence-corrected chi connectivity index (χ2v) is 21.3. The summed E-state index contributed by atoms with van der Waals surface area (Å²) in [5, 5.41) is 14.4.